The Hall–Kier alpha value is -2.64. The molecule has 0 unspecified atom stereocenters. The van der Waals surface area contributed by atoms with Crippen LogP contribution in [0, 0.1) is 0 Å². The summed E-state index contributed by atoms with van der Waals surface area (Å²) in [5, 5.41) is 9.63. The Morgan fingerprint density at radius 3 is 2.17 bits per heavy atom. The first-order valence-corrected chi connectivity index (χ1v) is 10.3. The molecule has 1 aromatic carbocycles. The van der Waals surface area contributed by atoms with Gasteiger partial charge in [0, 0.05) is 20.1 Å². The van der Waals surface area contributed by atoms with Crippen LogP contribution in [-0.2, 0) is 11.3 Å². The first-order valence-electron chi connectivity index (χ1n) is 10.3. The summed E-state index contributed by atoms with van der Waals surface area (Å²) in [6.45, 7) is 10.7. The number of carbonyl (C=O) groups is 1. The van der Waals surface area contributed by atoms with Crippen molar-refractivity contribution in [3.8, 4) is 11.5 Å². The van der Waals surface area contributed by atoms with E-state index >= 15 is 0 Å². The maximum atomic E-state index is 12.3. The van der Waals surface area contributed by atoms with E-state index in [-0.39, 0.29) is 0 Å². The molecule has 0 saturated carbocycles. The fourth-order valence-electron chi connectivity index (χ4n) is 2.89. The maximum absolute atomic E-state index is 12.3. The molecule has 0 atom stereocenters. The van der Waals surface area contributed by atoms with E-state index in [2.05, 4.69) is 20.9 Å². The van der Waals surface area contributed by atoms with Crippen LogP contribution >= 0.6 is 0 Å². The van der Waals surface area contributed by atoms with Crippen LogP contribution in [-0.4, -0.2) is 51.0 Å². The number of benzene rings is 1. The molecule has 170 valence electrons. The molecule has 1 amide bonds. The zero-order valence-electron chi connectivity index (χ0n) is 19.6. The molecule has 0 spiro atoms. The molecule has 1 rings (SSSR count). The highest BCUT2D eigenvalue weighted by Gasteiger charge is 2.30. The molecule has 0 aliphatic carbocycles. The van der Waals surface area contributed by atoms with Gasteiger partial charge in [0.05, 0.1) is 19.8 Å². The average molecular weight is 423 g/mol. The zero-order chi connectivity index (χ0) is 22.8. The van der Waals surface area contributed by atoms with Gasteiger partial charge in [0.15, 0.2) is 17.5 Å². The summed E-state index contributed by atoms with van der Waals surface area (Å²) in [5.41, 5.74) is 0.0464. The highest BCUT2D eigenvalue weighted by molar-refractivity contribution is 5.80. The smallest absolute Gasteiger partial charge is 0.408 e. The number of alkyl carbamates (subject to hydrolysis) is 1. The van der Waals surface area contributed by atoms with Crippen LogP contribution in [0.2, 0.25) is 0 Å². The van der Waals surface area contributed by atoms with Crippen LogP contribution in [0.25, 0.3) is 0 Å². The molecule has 0 bridgehead atoms. The van der Waals surface area contributed by atoms with E-state index in [9.17, 15) is 4.79 Å². The summed E-state index contributed by atoms with van der Waals surface area (Å²) in [6, 6.07) is 5.76. The lowest BCUT2D eigenvalue weighted by Gasteiger charge is -2.34. The minimum absolute atomic E-state index is 0.415. The van der Waals surface area contributed by atoms with Gasteiger partial charge < -0.3 is 30.2 Å². The van der Waals surface area contributed by atoms with Gasteiger partial charge in [-0.25, -0.2) is 4.79 Å². The van der Waals surface area contributed by atoms with Crippen LogP contribution in [0.5, 0.6) is 11.5 Å². The fourth-order valence-corrected chi connectivity index (χ4v) is 2.89. The van der Waals surface area contributed by atoms with Gasteiger partial charge >= 0.3 is 6.09 Å². The van der Waals surface area contributed by atoms with Crippen molar-refractivity contribution in [2.24, 2.45) is 4.99 Å². The molecular weight excluding hydrogens is 384 g/mol. The molecule has 0 heterocycles. The van der Waals surface area contributed by atoms with Crippen molar-refractivity contribution >= 4 is 12.1 Å². The Balaban J connectivity index is 2.72. The lowest BCUT2D eigenvalue weighted by molar-refractivity contribution is 0.0448. The molecule has 30 heavy (non-hydrogen) atoms. The minimum atomic E-state index is -0.540. The Morgan fingerprint density at radius 1 is 1.03 bits per heavy atom. The van der Waals surface area contributed by atoms with Crippen molar-refractivity contribution in [3.05, 3.63) is 23.8 Å². The van der Waals surface area contributed by atoms with Crippen LogP contribution in [0.3, 0.4) is 0 Å². The van der Waals surface area contributed by atoms with Gasteiger partial charge in [-0.2, -0.15) is 0 Å². The summed E-state index contributed by atoms with van der Waals surface area (Å²) in [7, 11) is 4.94. The number of amides is 1. The number of aliphatic imine (C=N–C) groups is 1. The van der Waals surface area contributed by atoms with Gasteiger partial charge in [-0.05, 0) is 51.3 Å². The van der Waals surface area contributed by atoms with E-state index in [1.54, 1.807) is 21.3 Å². The molecular formula is C22H38N4O4. The van der Waals surface area contributed by atoms with Crippen LogP contribution < -0.4 is 25.4 Å². The largest absolute Gasteiger partial charge is 0.493 e. The summed E-state index contributed by atoms with van der Waals surface area (Å²) in [5.74, 6) is 2.01. The highest BCUT2D eigenvalue weighted by atomic mass is 16.6. The number of hydrogen-bond acceptors (Lipinski definition) is 5. The number of hydrogen-bond donors (Lipinski definition) is 3. The molecule has 8 heteroatoms. The van der Waals surface area contributed by atoms with E-state index in [1.807, 2.05) is 52.8 Å². The van der Waals surface area contributed by atoms with Crippen molar-refractivity contribution in [3.63, 3.8) is 0 Å². The third kappa shape index (κ3) is 8.00. The molecule has 0 radical (unpaired) electrons. The van der Waals surface area contributed by atoms with E-state index in [4.69, 9.17) is 14.2 Å². The SMILES string of the molecule is CCC(CC)(CNC(=NC)NCc1ccc(OC)c(OC)c1)NC(=O)OC(C)(C)C. The number of carbonyl (C=O) groups excluding carboxylic acids is 1. The van der Waals surface area contributed by atoms with Gasteiger partial charge in [-0.3, -0.25) is 4.99 Å². The Kier molecular flexibility index (Phi) is 9.75. The van der Waals surface area contributed by atoms with E-state index in [1.165, 1.54) is 0 Å². The number of guanidine groups is 1. The third-order valence-electron chi connectivity index (χ3n) is 4.85. The second-order valence-corrected chi connectivity index (χ2v) is 8.08. The van der Waals surface area contributed by atoms with Gasteiger partial charge in [-0.1, -0.05) is 19.9 Å². The van der Waals surface area contributed by atoms with Crippen molar-refractivity contribution in [1.29, 1.82) is 0 Å². The predicted molar refractivity (Wildman–Crippen MR) is 120 cm³/mol. The van der Waals surface area contributed by atoms with Crippen molar-refractivity contribution < 1.29 is 19.0 Å². The lowest BCUT2D eigenvalue weighted by Crippen LogP contribution is -2.57. The third-order valence-corrected chi connectivity index (χ3v) is 4.85. The Labute approximate surface area is 180 Å². The fraction of sp³-hybridized carbons (Fsp3) is 0.636. The quantitative estimate of drug-likeness (QED) is 0.417. The molecule has 3 N–H and O–H groups in total. The van der Waals surface area contributed by atoms with Gasteiger partial charge in [0.1, 0.15) is 5.60 Å². The number of nitrogens with zero attached hydrogens (tertiary/aromatic N) is 1. The van der Waals surface area contributed by atoms with Crippen LogP contribution in [0.15, 0.2) is 23.2 Å². The van der Waals surface area contributed by atoms with Gasteiger partial charge in [0.2, 0.25) is 0 Å². The number of rotatable bonds is 9. The van der Waals surface area contributed by atoms with Crippen molar-refractivity contribution in [1.82, 2.24) is 16.0 Å². The Morgan fingerprint density at radius 2 is 1.67 bits per heavy atom. The van der Waals surface area contributed by atoms with E-state index < -0.39 is 17.2 Å². The van der Waals surface area contributed by atoms with Crippen LogP contribution in [0.4, 0.5) is 4.79 Å². The summed E-state index contributed by atoms with van der Waals surface area (Å²) < 4.78 is 16.1. The maximum Gasteiger partial charge on any atom is 0.408 e. The highest BCUT2D eigenvalue weighted by Crippen LogP contribution is 2.27. The molecule has 0 aromatic heterocycles. The Bertz CT molecular complexity index is 710. The number of ether oxygens (including phenoxy) is 3. The average Bonchev–Trinajstić information content (AvgIpc) is 2.71. The number of nitrogens with one attached hydrogen (secondary N) is 3. The standard InChI is InChI=1S/C22H38N4O4/c1-9-22(10-2,26-20(27)30-21(3,4)5)15-25-19(23-6)24-14-16-11-12-17(28-7)18(13-16)29-8/h11-13H,9-10,14-15H2,1-8H3,(H,26,27)(H2,23,24,25). The second-order valence-electron chi connectivity index (χ2n) is 8.08. The first kappa shape index (κ1) is 25.4. The lowest BCUT2D eigenvalue weighted by atomic mass is 9.93. The van der Waals surface area contributed by atoms with Gasteiger partial charge in [-0.15, -0.1) is 0 Å². The molecule has 0 fully saturated rings. The molecule has 1 aromatic rings. The normalized spacial score (nSPS) is 12.2. The predicted octanol–water partition coefficient (Wildman–Crippen LogP) is 3.45. The van der Waals surface area contributed by atoms with Crippen molar-refractivity contribution in [2.75, 3.05) is 27.8 Å². The molecule has 0 aliphatic rings. The summed E-state index contributed by atoms with van der Waals surface area (Å²) in [6.07, 6.45) is 1.09. The molecule has 8 nitrogen and oxygen atoms in total. The van der Waals surface area contributed by atoms with Crippen molar-refractivity contribution in [2.45, 2.75) is 65.1 Å². The second kappa shape index (κ2) is 11.5. The molecule has 0 aliphatic heterocycles. The topological polar surface area (TPSA) is 93.2 Å². The summed E-state index contributed by atoms with van der Waals surface area (Å²) in [4.78, 5) is 16.6. The minimum Gasteiger partial charge on any atom is -0.493 e. The monoisotopic (exact) mass is 422 g/mol. The zero-order valence-corrected chi connectivity index (χ0v) is 19.6. The first-order chi connectivity index (χ1) is 14.1. The molecule has 0 saturated heterocycles. The van der Waals surface area contributed by atoms with Crippen LogP contribution in [0.1, 0.15) is 53.0 Å². The van der Waals surface area contributed by atoms with Gasteiger partial charge in [0.25, 0.3) is 0 Å². The van der Waals surface area contributed by atoms with E-state index in [0.29, 0.717) is 30.5 Å². The van der Waals surface area contributed by atoms with E-state index in [0.717, 1.165) is 18.4 Å². The summed E-state index contributed by atoms with van der Waals surface area (Å²) >= 11 is 0. The number of methoxy groups -OCH3 is 2.